The zero-order valence-corrected chi connectivity index (χ0v) is 9.97. The van der Waals surface area contributed by atoms with Crippen molar-refractivity contribution in [1.82, 2.24) is 5.32 Å². The molecule has 84 valence electrons. The number of hydrogen-bond acceptors (Lipinski definition) is 3. The minimum Gasteiger partial charge on any atom is -0.369 e. The van der Waals surface area contributed by atoms with Crippen molar-refractivity contribution in [3.63, 3.8) is 0 Å². The fourth-order valence-electron chi connectivity index (χ4n) is 1.23. The first-order valence-corrected chi connectivity index (χ1v) is 6.03. The monoisotopic (exact) mass is 227 g/mol. The van der Waals surface area contributed by atoms with Gasteiger partial charge >= 0.3 is 0 Å². The molecule has 0 aliphatic heterocycles. The van der Waals surface area contributed by atoms with Gasteiger partial charge in [-0.25, -0.2) is 0 Å². The van der Waals surface area contributed by atoms with Crippen LogP contribution in [0.1, 0.15) is 18.7 Å². The molecular weight excluding hydrogens is 210 g/mol. The molecule has 1 aromatic heterocycles. The number of amides is 1. The van der Waals surface area contributed by atoms with E-state index in [9.17, 15) is 4.79 Å². The number of ether oxygens (including phenoxy) is 1. The maximum Gasteiger partial charge on any atom is 0.248 e. The Bertz CT molecular complexity index is 285. The highest BCUT2D eigenvalue weighted by atomic mass is 32.1. The first kappa shape index (κ1) is 12.2. The summed E-state index contributed by atoms with van der Waals surface area (Å²) in [5.41, 5.74) is 0. The van der Waals surface area contributed by atoms with Gasteiger partial charge in [-0.2, -0.15) is 0 Å². The van der Waals surface area contributed by atoms with Crippen molar-refractivity contribution in [2.45, 2.75) is 26.4 Å². The molecule has 1 rings (SSSR count). The zero-order valence-electron chi connectivity index (χ0n) is 9.16. The highest BCUT2D eigenvalue weighted by Crippen LogP contribution is 2.08. The summed E-state index contributed by atoms with van der Waals surface area (Å²) in [6.07, 6.45) is 0.542. The molecule has 0 unspecified atom stereocenters. The van der Waals surface area contributed by atoms with Gasteiger partial charge in [-0.15, -0.1) is 11.3 Å². The van der Waals surface area contributed by atoms with Gasteiger partial charge in [0, 0.05) is 18.0 Å². The van der Waals surface area contributed by atoms with Crippen LogP contribution in [0, 0.1) is 0 Å². The van der Waals surface area contributed by atoms with Gasteiger partial charge in [-0.1, -0.05) is 6.07 Å². The molecular formula is C11H17NO2S. The number of carbonyl (C=O) groups is 1. The fourth-order valence-corrected chi connectivity index (χ4v) is 1.94. The van der Waals surface area contributed by atoms with Crippen LogP contribution in [0.3, 0.4) is 0 Å². The third-order valence-corrected chi connectivity index (χ3v) is 2.97. The van der Waals surface area contributed by atoms with Gasteiger partial charge in [0.05, 0.1) is 0 Å². The number of rotatable bonds is 6. The van der Waals surface area contributed by atoms with E-state index in [1.807, 2.05) is 18.4 Å². The predicted octanol–water partition coefficient (Wildman–Crippen LogP) is 1.83. The Hall–Kier alpha value is -0.870. The van der Waals surface area contributed by atoms with Crippen LogP contribution in [-0.2, 0) is 16.0 Å². The summed E-state index contributed by atoms with van der Waals surface area (Å²) in [7, 11) is 0. The van der Waals surface area contributed by atoms with E-state index in [1.54, 1.807) is 18.3 Å². The Morgan fingerprint density at radius 1 is 1.67 bits per heavy atom. The highest BCUT2D eigenvalue weighted by molar-refractivity contribution is 7.09. The minimum absolute atomic E-state index is 0.0339. The lowest BCUT2D eigenvalue weighted by molar-refractivity contribution is -0.131. The van der Waals surface area contributed by atoms with E-state index in [1.165, 1.54) is 4.88 Å². The lowest BCUT2D eigenvalue weighted by Gasteiger charge is -2.11. The lowest BCUT2D eigenvalue weighted by Crippen LogP contribution is -2.35. The van der Waals surface area contributed by atoms with E-state index in [-0.39, 0.29) is 12.0 Å². The standard InChI is InChI=1S/C11H17NO2S/c1-3-14-9(2)11(13)12-7-6-10-5-4-8-15-10/h4-5,8-9H,3,6-7H2,1-2H3,(H,12,13)/t9-/m0/s1. The van der Waals surface area contributed by atoms with Crippen molar-refractivity contribution >= 4 is 17.2 Å². The predicted molar refractivity (Wildman–Crippen MR) is 62.1 cm³/mol. The van der Waals surface area contributed by atoms with Crippen LogP contribution in [-0.4, -0.2) is 25.2 Å². The third-order valence-electron chi connectivity index (χ3n) is 2.04. The highest BCUT2D eigenvalue weighted by Gasteiger charge is 2.11. The Morgan fingerprint density at radius 2 is 2.47 bits per heavy atom. The Labute approximate surface area is 94.5 Å². The Kier molecular flexibility index (Phi) is 5.36. The normalized spacial score (nSPS) is 12.4. The van der Waals surface area contributed by atoms with Crippen molar-refractivity contribution in [2.24, 2.45) is 0 Å². The average molecular weight is 227 g/mol. The van der Waals surface area contributed by atoms with Crippen molar-refractivity contribution in [2.75, 3.05) is 13.2 Å². The third kappa shape index (κ3) is 4.44. The van der Waals surface area contributed by atoms with Gasteiger partial charge in [-0.05, 0) is 31.7 Å². The SMILES string of the molecule is CCO[C@@H](C)C(=O)NCCc1cccs1. The number of thiophene rings is 1. The number of carbonyl (C=O) groups excluding carboxylic acids is 1. The molecule has 1 atom stereocenters. The van der Waals surface area contributed by atoms with Gasteiger partial charge in [0.1, 0.15) is 6.10 Å². The smallest absolute Gasteiger partial charge is 0.248 e. The second-order valence-electron chi connectivity index (χ2n) is 3.22. The van der Waals surface area contributed by atoms with E-state index in [0.29, 0.717) is 13.2 Å². The van der Waals surface area contributed by atoms with Crippen molar-refractivity contribution in [1.29, 1.82) is 0 Å². The molecule has 4 heteroatoms. The van der Waals surface area contributed by atoms with E-state index in [4.69, 9.17) is 4.74 Å². The molecule has 1 heterocycles. The summed E-state index contributed by atoms with van der Waals surface area (Å²) >= 11 is 1.71. The van der Waals surface area contributed by atoms with Gasteiger partial charge in [0.25, 0.3) is 0 Å². The van der Waals surface area contributed by atoms with Crippen LogP contribution in [0.25, 0.3) is 0 Å². The van der Waals surface area contributed by atoms with Crippen LogP contribution in [0.5, 0.6) is 0 Å². The molecule has 0 spiro atoms. The van der Waals surface area contributed by atoms with Gasteiger partial charge in [-0.3, -0.25) is 4.79 Å². The largest absolute Gasteiger partial charge is 0.369 e. The van der Waals surface area contributed by atoms with Gasteiger partial charge in [0.15, 0.2) is 0 Å². The van der Waals surface area contributed by atoms with Crippen LogP contribution in [0.2, 0.25) is 0 Å². The maximum atomic E-state index is 11.4. The summed E-state index contributed by atoms with van der Waals surface area (Å²) < 4.78 is 5.18. The molecule has 15 heavy (non-hydrogen) atoms. The Balaban J connectivity index is 2.17. The van der Waals surface area contributed by atoms with Crippen LogP contribution in [0.4, 0.5) is 0 Å². The number of nitrogens with one attached hydrogen (secondary N) is 1. The average Bonchev–Trinajstić information content (AvgIpc) is 2.71. The lowest BCUT2D eigenvalue weighted by atomic mass is 10.3. The second-order valence-corrected chi connectivity index (χ2v) is 4.25. The molecule has 0 bridgehead atoms. The van der Waals surface area contributed by atoms with Crippen LogP contribution >= 0.6 is 11.3 Å². The molecule has 1 aromatic rings. The molecule has 0 aromatic carbocycles. The topological polar surface area (TPSA) is 38.3 Å². The molecule has 0 radical (unpaired) electrons. The summed E-state index contributed by atoms with van der Waals surface area (Å²) in [4.78, 5) is 12.7. The molecule has 0 aliphatic rings. The van der Waals surface area contributed by atoms with E-state index in [2.05, 4.69) is 11.4 Å². The zero-order chi connectivity index (χ0) is 11.1. The van der Waals surface area contributed by atoms with E-state index >= 15 is 0 Å². The minimum atomic E-state index is -0.349. The summed E-state index contributed by atoms with van der Waals surface area (Å²) in [6, 6.07) is 4.09. The van der Waals surface area contributed by atoms with Crippen LogP contribution in [0.15, 0.2) is 17.5 Å². The first-order chi connectivity index (χ1) is 7.24. The van der Waals surface area contributed by atoms with Crippen molar-refractivity contribution < 1.29 is 9.53 Å². The molecule has 1 amide bonds. The number of hydrogen-bond donors (Lipinski definition) is 1. The first-order valence-electron chi connectivity index (χ1n) is 5.15. The molecule has 1 N–H and O–H groups in total. The quantitative estimate of drug-likeness (QED) is 0.805. The summed E-state index contributed by atoms with van der Waals surface area (Å²) in [6.45, 7) is 4.90. The summed E-state index contributed by atoms with van der Waals surface area (Å²) in [5, 5.41) is 4.89. The van der Waals surface area contributed by atoms with Crippen LogP contribution < -0.4 is 5.32 Å². The fraction of sp³-hybridized carbons (Fsp3) is 0.545. The van der Waals surface area contributed by atoms with E-state index in [0.717, 1.165) is 6.42 Å². The van der Waals surface area contributed by atoms with E-state index < -0.39 is 0 Å². The molecule has 3 nitrogen and oxygen atoms in total. The second kappa shape index (κ2) is 6.58. The van der Waals surface area contributed by atoms with Crippen molar-refractivity contribution in [3.05, 3.63) is 22.4 Å². The summed E-state index contributed by atoms with van der Waals surface area (Å²) in [5.74, 6) is -0.0339. The maximum absolute atomic E-state index is 11.4. The Morgan fingerprint density at radius 3 is 3.07 bits per heavy atom. The van der Waals surface area contributed by atoms with Crippen molar-refractivity contribution in [3.8, 4) is 0 Å². The molecule has 0 aliphatic carbocycles. The molecule has 0 saturated heterocycles. The van der Waals surface area contributed by atoms with Gasteiger partial charge in [0.2, 0.25) is 5.91 Å². The van der Waals surface area contributed by atoms with Gasteiger partial charge < -0.3 is 10.1 Å². The molecule has 0 saturated carbocycles. The molecule has 0 fully saturated rings.